The number of rotatable bonds is 2. The van der Waals surface area contributed by atoms with E-state index in [1.54, 1.807) is 20.0 Å². The lowest BCUT2D eigenvalue weighted by Crippen LogP contribution is -2.17. The molecule has 1 rings (SSSR count). The van der Waals surface area contributed by atoms with Crippen LogP contribution < -0.4 is 0 Å². The molecule has 1 N–H and O–H groups in total. The lowest BCUT2D eigenvalue weighted by atomic mass is 10.0. The highest BCUT2D eigenvalue weighted by Gasteiger charge is 2.17. The Bertz CT molecular complexity index is 263. The van der Waals surface area contributed by atoms with Crippen molar-refractivity contribution in [3.8, 4) is 0 Å². The molecular weight excluding hydrogens is 150 g/mol. The molecule has 0 aliphatic carbocycles. The summed E-state index contributed by atoms with van der Waals surface area (Å²) in [6, 6.07) is 3.91. The first-order chi connectivity index (χ1) is 5.54. The lowest BCUT2D eigenvalue weighted by molar-refractivity contribution is 0.0737. The molecule has 0 unspecified atom stereocenters. The highest BCUT2D eigenvalue weighted by Crippen LogP contribution is 2.17. The van der Waals surface area contributed by atoms with E-state index >= 15 is 0 Å². The highest BCUT2D eigenvalue weighted by molar-refractivity contribution is 5.19. The molecule has 0 aliphatic heterocycles. The molecule has 0 amide bonds. The van der Waals surface area contributed by atoms with Crippen molar-refractivity contribution in [2.24, 2.45) is 0 Å². The molecule has 0 aromatic carbocycles. The van der Waals surface area contributed by atoms with Crippen LogP contribution >= 0.6 is 0 Å². The summed E-state index contributed by atoms with van der Waals surface area (Å²) in [5.41, 5.74) is 1.12. The van der Waals surface area contributed by atoms with E-state index in [1.807, 2.05) is 12.1 Å². The van der Waals surface area contributed by atoms with Gasteiger partial charge in [0.2, 0.25) is 0 Å². The maximum absolute atomic E-state index is 9.65. The van der Waals surface area contributed by atoms with Crippen LogP contribution in [0.25, 0.3) is 0 Å². The largest absolute Gasteiger partial charge is 0.384 e. The zero-order valence-electron chi connectivity index (χ0n) is 7.83. The quantitative estimate of drug-likeness (QED) is 0.725. The van der Waals surface area contributed by atoms with E-state index in [4.69, 9.17) is 0 Å². The molecule has 1 aromatic heterocycles. The van der Waals surface area contributed by atoms with E-state index in [1.165, 1.54) is 5.56 Å². The molecule has 0 aliphatic rings. The number of pyridine rings is 1. The van der Waals surface area contributed by atoms with Crippen LogP contribution in [0, 0.1) is 0 Å². The fourth-order valence-corrected chi connectivity index (χ4v) is 1.03. The van der Waals surface area contributed by atoms with Crippen molar-refractivity contribution >= 4 is 0 Å². The Morgan fingerprint density at radius 1 is 1.50 bits per heavy atom. The molecule has 0 saturated carbocycles. The number of hydrogen-bond donors (Lipinski definition) is 1. The van der Waals surface area contributed by atoms with Crippen LogP contribution in [-0.4, -0.2) is 10.1 Å². The van der Waals surface area contributed by atoms with Crippen LogP contribution in [0.15, 0.2) is 18.3 Å². The monoisotopic (exact) mass is 165 g/mol. The molecule has 2 heteroatoms. The molecule has 0 bridgehead atoms. The third-order valence-corrected chi connectivity index (χ3v) is 1.86. The van der Waals surface area contributed by atoms with E-state index < -0.39 is 5.60 Å². The van der Waals surface area contributed by atoms with Gasteiger partial charge >= 0.3 is 0 Å². The Morgan fingerprint density at radius 2 is 2.17 bits per heavy atom. The molecule has 66 valence electrons. The van der Waals surface area contributed by atoms with Gasteiger partial charge in [-0.3, -0.25) is 4.98 Å². The second-order valence-corrected chi connectivity index (χ2v) is 3.46. The zero-order chi connectivity index (χ0) is 9.19. The normalized spacial score (nSPS) is 11.7. The van der Waals surface area contributed by atoms with Gasteiger partial charge in [-0.15, -0.1) is 0 Å². The summed E-state index contributed by atoms with van der Waals surface area (Å²) in [6.07, 6.45) is 2.72. The zero-order valence-corrected chi connectivity index (χ0v) is 7.83. The molecule has 1 heterocycles. The van der Waals surface area contributed by atoms with Gasteiger partial charge in [0.15, 0.2) is 0 Å². The summed E-state index contributed by atoms with van der Waals surface area (Å²) in [4.78, 5) is 4.11. The Morgan fingerprint density at radius 3 is 2.67 bits per heavy atom. The second-order valence-electron chi connectivity index (χ2n) is 3.46. The van der Waals surface area contributed by atoms with Gasteiger partial charge < -0.3 is 5.11 Å². The standard InChI is InChI=1S/C10H15NO/c1-4-8-5-6-11-9(7-8)10(2,3)12/h5-7,12H,4H2,1-3H3. The molecule has 0 fully saturated rings. The number of nitrogens with zero attached hydrogens (tertiary/aromatic N) is 1. The average molecular weight is 165 g/mol. The minimum atomic E-state index is -0.828. The van der Waals surface area contributed by atoms with Gasteiger partial charge in [0.05, 0.1) is 5.69 Å². The van der Waals surface area contributed by atoms with E-state index in [0.717, 1.165) is 12.1 Å². The predicted octanol–water partition coefficient (Wildman–Crippen LogP) is 1.87. The summed E-state index contributed by atoms with van der Waals surface area (Å²) >= 11 is 0. The van der Waals surface area contributed by atoms with Gasteiger partial charge in [-0.25, -0.2) is 0 Å². The predicted molar refractivity (Wildman–Crippen MR) is 48.9 cm³/mol. The molecule has 0 radical (unpaired) electrons. The molecule has 0 atom stereocenters. The molecular formula is C10H15NO. The summed E-state index contributed by atoms with van der Waals surface area (Å²) < 4.78 is 0. The van der Waals surface area contributed by atoms with E-state index in [-0.39, 0.29) is 0 Å². The van der Waals surface area contributed by atoms with Crippen LogP contribution in [0.3, 0.4) is 0 Å². The molecule has 2 nitrogen and oxygen atoms in total. The first-order valence-electron chi connectivity index (χ1n) is 4.22. The van der Waals surface area contributed by atoms with Crippen molar-refractivity contribution in [1.82, 2.24) is 4.98 Å². The highest BCUT2D eigenvalue weighted by atomic mass is 16.3. The second kappa shape index (κ2) is 3.23. The Balaban J connectivity index is 3.02. The van der Waals surface area contributed by atoms with Gasteiger partial charge in [0, 0.05) is 6.20 Å². The first-order valence-corrected chi connectivity index (χ1v) is 4.22. The summed E-state index contributed by atoms with van der Waals surface area (Å²) in [5, 5.41) is 9.65. The van der Waals surface area contributed by atoms with Gasteiger partial charge in [-0.2, -0.15) is 0 Å². The van der Waals surface area contributed by atoms with Crippen molar-refractivity contribution in [2.45, 2.75) is 32.8 Å². The SMILES string of the molecule is CCc1ccnc(C(C)(C)O)c1. The van der Waals surface area contributed by atoms with Gasteiger partial charge in [-0.1, -0.05) is 6.92 Å². The Kier molecular flexibility index (Phi) is 2.48. The third kappa shape index (κ3) is 2.05. The van der Waals surface area contributed by atoms with Crippen LogP contribution in [0.5, 0.6) is 0 Å². The summed E-state index contributed by atoms with van der Waals surface area (Å²) in [7, 11) is 0. The van der Waals surface area contributed by atoms with Crippen LogP contribution in [-0.2, 0) is 12.0 Å². The minimum absolute atomic E-state index is 0.738. The Hall–Kier alpha value is -0.890. The summed E-state index contributed by atoms with van der Waals surface area (Å²) in [5.74, 6) is 0. The molecule has 0 spiro atoms. The topological polar surface area (TPSA) is 33.1 Å². The average Bonchev–Trinajstić information content (AvgIpc) is 2.03. The van der Waals surface area contributed by atoms with Crippen molar-refractivity contribution in [1.29, 1.82) is 0 Å². The van der Waals surface area contributed by atoms with Crippen LogP contribution in [0.2, 0.25) is 0 Å². The maximum Gasteiger partial charge on any atom is 0.101 e. The van der Waals surface area contributed by atoms with E-state index in [2.05, 4.69) is 11.9 Å². The van der Waals surface area contributed by atoms with Gasteiger partial charge in [0.25, 0.3) is 0 Å². The maximum atomic E-state index is 9.65. The first kappa shape index (κ1) is 9.20. The molecule has 0 saturated heterocycles. The number of aliphatic hydroxyl groups is 1. The van der Waals surface area contributed by atoms with Crippen molar-refractivity contribution in [3.63, 3.8) is 0 Å². The van der Waals surface area contributed by atoms with Crippen LogP contribution in [0.1, 0.15) is 32.0 Å². The van der Waals surface area contributed by atoms with E-state index in [0.29, 0.717) is 0 Å². The smallest absolute Gasteiger partial charge is 0.101 e. The number of hydrogen-bond acceptors (Lipinski definition) is 2. The fourth-order valence-electron chi connectivity index (χ4n) is 1.03. The third-order valence-electron chi connectivity index (χ3n) is 1.86. The fraction of sp³-hybridized carbons (Fsp3) is 0.500. The molecule has 1 aromatic rings. The number of aryl methyl sites for hydroxylation is 1. The van der Waals surface area contributed by atoms with Gasteiger partial charge in [-0.05, 0) is 38.0 Å². The van der Waals surface area contributed by atoms with Crippen molar-refractivity contribution in [3.05, 3.63) is 29.6 Å². The van der Waals surface area contributed by atoms with Crippen molar-refractivity contribution < 1.29 is 5.11 Å². The molecule has 12 heavy (non-hydrogen) atoms. The number of aromatic nitrogens is 1. The minimum Gasteiger partial charge on any atom is -0.384 e. The lowest BCUT2D eigenvalue weighted by Gasteiger charge is -2.16. The van der Waals surface area contributed by atoms with Crippen LogP contribution in [0.4, 0.5) is 0 Å². The van der Waals surface area contributed by atoms with E-state index in [9.17, 15) is 5.11 Å². The van der Waals surface area contributed by atoms with Crippen molar-refractivity contribution in [2.75, 3.05) is 0 Å². The Labute approximate surface area is 73.3 Å². The summed E-state index contributed by atoms with van der Waals surface area (Å²) in [6.45, 7) is 5.58. The van der Waals surface area contributed by atoms with Gasteiger partial charge in [0.1, 0.15) is 5.60 Å².